The van der Waals surface area contributed by atoms with E-state index in [-0.39, 0.29) is 0 Å². The van der Waals surface area contributed by atoms with Crippen molar-refractivity contribution in [2.75, 3.05) is 43.9 Å². The Morgan fingerprint density at radius 3 is 2.67 bits per heavy atom. The highest BCUT2D eigenvalue weighted by molar-refractivity contribution is 5.54. The molecule has 0 radical (unpaired) electrons. The van der Waals surface area contributed by atoms with Crippen LogP contribution in [0.1, 0.15) is 33.1 Å². The van der Waals surface area contributed by atoms with Crippen LogP contribution in [0, 0.1) is 0 Å². The molecule has 2 heterocycles. The average molecular weight is 292 g/mol. The van der Waals surface area contributed by atoms with Crippen molar-refractivity contribution in [1.29, 1.82) is 0 Å². The first-order valence-corrected chi connectivity index (χ1v) is 8.00. The molecule has 1 aromatic heterocycles. The predicted molar refractivity (Wildman–Crippen MR) is 88.0 cm³/mol. The Labute approximate surface area is 128 Å². The molecule has 0 bridgehead atoms. The number of pyridine rings is 1. The van der Waals surface area contributed by atoms with E-state index in [4.69, 9.17) is 10.5 Å². The second-order valence-corrected chi connectivity index (χ2v) is 5.69. The molecule has 1 aromatic rings. The fourth-order valence-corrected chi connectivity index (χ4v) is 2.76. The fourth-order valence-electron chi connectivity index (χ4n) is 2.76. The van der Waals surface area contributed by atoms with Gasteiger partial charge in [0.15, 0.2) is 0 Å². The average Bonchev–Trinajstić information content (AvgIpc) is 2.53. The van der Waals surface area contributed by atoms with Gasteiger partial charge in [0.2, 0.25) is 5.88 Å². The van der Waals surface area contributed by atoms with Crippen molar-refractivity contribution in [2.24, 2.45) is 0 Å². The van der Waals surface area contributed by atoms with Gasteiger partial charge in [-0.1, -0.05) is 13.8 Å². The standard InChI is InChI=1S/C16H28N4O/c1-4-12-21-16-14(17)6-7-15(18-16)19(3)13-8-10-20(5-2)11-9-13/h6-7,13H,4-5,8-12,17H2,1-3H3. The maximum atomic E-state index is 5.93. The first kappa shape index (κ1) is 15.9. The molecule has 21 heavy (non-hydrogen) atoms. The van der Waals surface area contributed by atoms with Crippen molar-refractivity contribution >= 4 is 11.5 Å². The molecule has 0 saturated carbocycles. The lowest BCUT2D eigenvalue weighted by atomic mass is 10.0. The van der Waals surface area contributed by atoms with Crippen molar-refractivity contribution in [3.63, 3.8) is 0 Å². The van der Waals surface area contributed by atoms with Gasteiger partial charge in [-0.3, -0.25) is 0 Å². The van der Waals surface area contributed by atoms with E-state index in [1.807, 2.05) is 12.1 Å². The van der Waals surface area contributed by atoms with Gasteiger partial charge in [0.25, 0.3) is 0 Å². The summed E-state index contributed by atoms with van der Waals surface area (Å²) in [6.07, 6.45) is 3.32. The predicted octanol–water partition coefficient (Wildman–Crippen LogP) is 2.37. The summed E-state index contributed by atoms with van der Waals surface area (Å²) in [6.45, 7) is 8.43. The van der Waals surface area contributed by atoms with Crippen molar-refractivity contribution < 1.29 is 4.74 Å². The normalized spacial score (nSPS) is 16.9. The van der Waals surface area contributed by atoms with Crippen LogP contribution in [-0.2, 0) is 0 Å². The van der Waals surface area contributed by atoms with E-state index in [2.05, 4.69) is 35.7 Å². The Kier molecular flexibility index (Phi) is 5.67. The van der Waals surface area contributed by atoms with E-state index in [9.17, 15) is 0 Å². The summed E-state index contributed by atoms with van der Waals surface area (Å²) in [5.41, 5.74) is 6.54. The minimum Gasteiger partial charge on any atom is -0.476 e. The highest BCUT2D eigenvalue weighted by Crippen LogP contribution is 2.26. The lowest BCUT2D eigenvalue weighted by molar-refractivity contribution is 0.220. The molecule has 2 rings (SSSR count). The third-order valence-electron chi connectivity index (χ3n) is 4.23. The number of hydrogen-bond acceptors (Lipinski definition) is 5. The molecule has 0 spiro atoms. The Balaban J connectivity index is 2.03. The number of ether oxygens (including phenoxy) is 1. The largest absolute Gasteiger partial charge is 0.476 e. The Hall–Kier alpha value is -1.49. The summed E-state index contributed by atoms with van der Waals surface area (Å²) >= 11 is 0. The van der Waals surface area contributed by atoms with Crippen LogP contribution in [0.3, 0.4) is 0 Å². The summed E-state index contributed by atoms with van der Waals surface area (Å²) in [6, 6.07) is 4.42. The number of anilines is 2. The van der Waals surface area contributed by atoms with Crippen molar-refractivity contribution in [3.8, 4) is 5.88 Å². The van der Waals surface area contributed by atoms with E-state index in [1.54, 1.807) is 0 Å². The van der Waals surface area contributed by atoms with Crippen LogP contribution in [0.2, 0.25) is 0 Å². The zero-order valence-electron chi connectivity index (χ0n) is 13.5. The van der Waals surface area contributed by atoms with Gasteiger partial charge in [-0.25, -0.2) is 0 Å². The Morgan fingerprint density at radius 2 is 2.05 bits per heavy atom. The van der Waals surface area contributed by atoms with Crippen LogP contribution >= 0.6 is 0 Å². The first-order chi connectivity index (χ1) is 10.2. The quantitative estimate of drug-likeness (QED) is 0.872. The number of hydrogen-bond donors (Lipinski definition) is 1. The molecular formula is C16H28N4O. The molecule has 1 fully saturated rings. The molecule has 0 atom stereocenters. The van der Waals surface area contributed by atoms with Crippen molar-refractivity contribution in [3.05, 3.63) is 12.1 Å². The summed E-state index contributed by atoms with van der Waals surface area (Å²) in [7, 11) is 2.12. The fraction of sp³-hybridized carbons (Fsp3) is 0.688. The molecule has 1 aliphatic rings. The number of aromatic nitrogens is 1. The topological polar surface area (TPSA) is 54.6 Å². The molecule has 5 heteroatoms. The Morgan fingerprint density at radius 1 is 1.33 bits per heavy atom. The van der Waals surface area contributed by atoms with Crippen molar-refractivity contribution in [1.82, 2.24) is 9.88 Å². The molecule has 1 saturated heterocycles. The number of nitrogens with two attached hydrogens (primary N) is 1. The minimum atomic E-state index is 0.544. The van der Waals surface area contributed by atoms with Crippen LogP contribution in [0.25, 0.3) is 0 Å². The Bertz CT molecular complexity index is 444. The van der Waals surface area contributed by atoms with Gasteiger partial charge in [-0.2, -0.15) is 4.98 Å². The zero-order valence-corrected chi connectivity index (χ0v) is 13.5. The second kappa shape index (κ2) is 7.50. The number of likely N-dealkylation sites (tertiary alicyclic amines) is 1. The number of rotatable bonds is 6. The first-order valence-electron chi connectivity index (χ1n) is 8.00. The molecule has 118 valence electrons. The summed E-state index contributed by atoms with van der Waals surface area (Å²) in [4.78, 5) is 9.35. The van der Waals surface area contributed by atoms with Crippen LogP contribution in [-0.4, -0.2) is 49.2 Å². The van der Waals surface area contributed by atoms with Crippen LogP contribution < -0.4 is 15.4 Å². The molecule has 1 aliphatic heterocycles. The summed E-state index contributed by atoms with van der Waals surface area (Å²) < 4.78 is 5.63. The molecule has 0 aliphatic carbocycles. The highest BCUT2D eigenvalue weighted by Gasteiger charge is 2.23. The van der Waals surface area contributed by atoms with Gasteiger partial charge in [-0.15, -0.1) is 0 Å². The molecule has 0 amide bonds. The van der Waals surface area contributed by atoms with Crippen LogP contribution in [0.15, 0.2) is 12.1 Å². The number of nitrogen functional groups attached to an aromatic ring is 1. The van der Waals surface area contributed by atoms with Crippen LogP contribution in [0.5, 0.6) is 5.88 Å². The van der Waals surface area contributed by atoms with E-state index < -0.39 is 0 Å². The smallest absolute Gasteiger partial charge is 0.239 e. The van der Waals surface area contributed by atoms with Crippen LogP contribution in [0.4, 0.5) is 11.5 Å². The lowest BCUT2D eigenvalue weighted by Crippen LogP contribution is -2.43. The van der Waals surface area contributed by atoms with Gasteiger partial charge >= 0.3 is 0 Å². The molecular weight excluding hydrogens is 264 g/mol. The molecule has 5 nitrogen and oxygen atoms in total. The highest BCUT2D eigenvalue weighted by atomic mass is 16.5. The van der Waals surface area contributed by atoms with Crippen molar-refractivity contribution in [2.45, 2.75) is 39.2 Å². The van der Waals surface area contributed by atoms with Gasteiger partial charge in [0.1, 0.15) is 5.82 Å². The van der Waals surface area contributed by atoms with E-state index >= 15 is 0 Å². The van der Waals surface area contributed by atoms with Gasteiger partial charge in [0.05, 0.1) is 12.3 Å². The maximum absolute atomic E-state index is 5.93. The zero-order chi connectivity index (χ0) is 15.2. The minimum absolute atomic E-state index is 0.544. The molecule has 2 N–H and O–H groups in total. The molecule has 0 aromatic carbocycles. The number of piperidine rings is 1. The number of nitrogens with zero attached hydrogens (tertiary/aromatic N) is 3. The third kappa shape index (κ3) is 4.00. The second-order valence-electron chi connectivity index (χ2n) is 5.69. The van der Waals surface area contributed by atoms with E-state index in [0.29, 0.717) is 24.2 Å². The summed E-state index contributed by atoms with van der Waals surface area (Å²) in [5.74, 6) is 1.51. The van der Waals surface area contributed by atoms with Gasteiger partial charge in [-0.05, 0) is 37.9 Å². The van der Waals surface area contributed by atoms with Gasteiger partial charge in [0, 0.05) is 26.2 Å². The van der Waals surface area contributed by atoms with E-state index in [0.717, 1.165) is 18.8 Å². The monoisotopic (exact) mass is 292 g/mol. The SMILES string of the molecule is CCCOc1nc(N(C)C2CCN(CC)CC2)ccc1N. The van der Waals surface area contributed by atoms with Gasteiger partial charge < -0.3 is 20.3 Å². The van der Waals surface area contributed by atoms with E-state index in [1.165, 1.54) is 25.9 Å². The lowest BCUT2D eigenvalue weighted by Gasteiger charge is -2.37. The summed E-state index contributed by atoms with van der Waals surface area (Å²) in [5, 5.41) is 0. The molecule has 0 unspecified atom stereocenters. The third-order valence-corrected chi connectivity index (χ3v) is 4.23. The maximum Gasteiger partial charge on any atom is 0.239 e.